The Balaban J connectivity index is 2.15. The molecule has 0 unspecified atom stereocenters. The van der Waals surface area contributed by atoms with Crippen molar-refractivity contribution in [2.75, 3.05) is 0 Å². The largest absolute Gasteiger partial charge is 0.451 e. The summed E-state index contributed by atoms with van der Waals surface area (Å²) in [7, 11) is 0. The summed E-state index contributed by atoms with van der Waals surface area (Å²) in [5.41, 5.74) is -0.391. The number of alkyl halides is 3. The smallest absolute Gasteiger partial charge is 0.435 e. The summed E-state index contributed by atoms with van der Waals surface area (Å²) in [4.78, 5) is 3.77. The summed E-state index contributed by atoms with van der Waals surface area (Å²) in [6, 6.07) is 0.917. The average Bonchev–Trinajstić information content (AvgIpc) is 2.73. The van der Waals surface area contributed by atoms with Crippen LogP contribution in [0.1, 0.15) is 11.4 Å². The van der Waals surface area contributed by atoms with Crippen LogP contribution in [0.3, 0.4) is 0 Å². The lowest BCUT2D eigenvalue weighted by Crippen LogP contribution is -2.08. The summed E-state index contributed by atoms with van der Waals surface area (Å²) in [5.74, 6) is 0. The standard InChI is InChI=1S/C8H6F3N3O/c9-8(10,11)7-1-2-14(13-7)3-6-4-15-5-12-6/h1-2,4-5H,3H2. The molecule has 0 aromatic carbocycles. The van der Waals surface area contributed by atoms with E-state index in [4.69, 9.17) is 0 Å². The van der Waals surface area contributed by atoms with Gasteiger partial charge in [-0.05, 0) is 6.07 Å². The van der Waals surface area contributed by atoms with E-state index in [1.165, 1.54) is 18.9 Å². The van der Waals surface area contributed by atoms with Gasteiger partial charge in [0.2, 0.25) is 0 Å². The van der Waals surface area contributed by atoms with Crippen LogP contribution in [0.5, 0.6) is 0 Å². The molecule has 0 bridgehead atoms. The quantitative estimate of drug-likeness (QED) is 0.772. The molecular formula is C8H6F3N3O. The van der Waals surface area contributed by atoms with Crippen LogP contribution in [-0.2, 0) is 12.7 Å². The van der Waals surface area contributed by atoms with Crippen LogP contribution in [-0.4, -0.2) is 14.8 Å². The number of nitrogens with zero attached hydrogens (tertiary/aromatic N) is 3. The van der Waals surface area contributed by atoms with Gasteiger partial charge >= 0.3 is 6.18 Å². The fraction of sp³-hybridized carbons (Fsp3) is 0.250. The summed E-state index contributed by atoms with van der Waals surface area (Å²) < 4.78 is 42.3. The van der Waals surface area contributed by atoms with Crippen LogP contribution >= 0.6 is 0 Å². The molecule has 0 aliphatic rings. The Morgan fingerprint density at radius 2 is 2.20 bits per heavy atom. The van der Waals surface area contributed by atoms with Gasteiger partial charge in [0.1, 0.15) is 12.0 Å². The van der Waals surface area contributed by atoms with Gasteiger partial charge in [0.05, 0.1) is 6.54 Å². The van der Waals surface area contributed by atoms with E-state index in [9.17, 15) is 13.2 Å². The summed E-state index contributed by atoms with van der Waals surface area (Å²) in [6.07, 6.45) is -0.592. The molecule has 2 heterocycles. The van der Waals surface area contributed by atoms with E-state index in [1.807, 2.05) is 0 Å². The first kappa shape index (κ1) is 9.75. The van der Waals surface area contributed by atoms with Crippen molar-refractivity contribution in [3.05, 3.63) is 36.3 Å². The van der Waals surface area contributed by atoms with E-state index < -0.39 is 11.9 Å². The maximum atomic E-state index is 12.2. The minimum absolute atomic E-state index is 0.159. The van der Waals surface area contributed by atoms with Gasteiger partial charge in [0.25, 0.3) is 0 Å². The highest BCUT2D eigenvalue weighted by atomic mass is 19.4. The second kappa shape index (κ2) is 3.41. The highest BCUT2D eigenvalue weighted by Gasteiger charge is 2.33. The van der Waals surface area contributed by atoms with Crippen molar-refractivity contribution in [1.29, 1.82) is 0 Å². The van der Waals surface area contributed by atoms with Crippen LogP contribution in [0.25, 0.3) is 0 Å². The van der Waals surface area contributed by atoms with Crippen molar-refractivity contribution in [1.82, 2.24) is 14.8 Å². The molecule has 2 aromatic heterocycles. The minimum Gasteiger partial charge on any atom is -0.451 e. The van der Waals surface area contributed by atoms with Crippen LogP contribution in [0.4, 0.5) is 13.2 Å². The molecule has 2 aromatic rings. The third kappa shape index (κ3) is 2.17. The number of halogens is 3. The Bertz CT molecular complexity index is 432. The molecule has 80 valence electrons. The zero-order chi connectivity index (χ0) is 10.9. The van der Waals surface area contributed by atoms with Crippen molar-refractivity contribution >= 4 is 0 Å². The fourth-order valence-corrected chi connectivity index (χ4v) is 1.08. The van der Waals surface area contributed by atoms with Crippen molar-refractivity contribution in [3.63, 3.8) is 0 Å². The molecule has 15 heavy (non-hydrogen) atoms. The number of rotatable bonds is 2. The lowest BCUT2D eigenvalue weighted by molar-refractivity contribution is -0.141. The molecule has 0 saturated heterocycles. The maximum Gasteiger partial charge on any atom is 0.435 e. The van der Waals surface area contributed by atoms with E-state index >= 15 is 0 Å². The zero-order valence-electron chi connectivity index (χ0n) is 7.40. The number of oxazole rings is 1. The minimum atomic E-state index is -4.41. The fourth-order valence-electron chi connectivity index (χ4n) is 1.08. The molecule has 2 rings (SSSR count). The van der Waals surface area contributed by atoms with Crippen molar-refractivity contribution in [2.45, 2.75) is 12.7 Å². The van der Waals surface area contributed by atoms with Crippen LogP contribution in [0, 0.1) is 0 Å². The molecule has 0 atom stereocenters. The number of aromatic nitrogens is 3. The maximum absolute atomic E-state index is 12.2. The topological polar surface area (TPSA) is 43.9 Å². The van der Waals surface area contributed by atoms with E-state index in [1.54, 1.807) is 0 Å². The van der Waals surface area contributed by atoms with Gasteiger partial charge in [-0.1, -0.05) is 0 Å². The highest BCUT2D eigenvalue weighted by molar-refractivity contribution is 5.04. The molecular weight excluding hydrogens is 211 g/mol. The predicted octanol–water partition coefficient (Wildman–Crippen LogP) is 1.94. The van der Waals surface area contributed by atoms with Gasteiger partial charge in [-0.15, -0.1) is 0 Å². The first-order chi connectivity index (χ1) is 7.05. The Kier molecular flexibility index (Phi) is 2.22. The molecule has 0 aliphatic carbocycles. The van der Waals surface area contributed by atoms with Gasteiger partial charge in [-0.25, -0.2) is 4.98 Å². The molecule has 0 amide bonds. The first-order valence-electron chi connectivity index (χ1n) is 4.03. The second-order valence-corrected chi connectivity index (χ2v) is 2.88. The van der Waals surface area contributed by atoms with Crippen LogP contribution < -0.4 is 0 Å². The Morgan fingerprint density at radius 3 is 2.73 bits per heavy atom. The van der Waals surface area contributed by atoms with Crippen molar-refractivity contribution < 1.29 is 17.6 Å². The van der Waals surface area contributed by atoms with E-state index in [2.05, 4.69) is 14.5 Å². The van der Waals surface area contributed by atoms with Gasteiger partial charge in [-0.2, -0.15) is 18.3 Å². The molecule has 7 heteroatoms. The first-order valence-corrected chi connectivity index (χ1v) is 4.03. The summed E-state index contributed by atoms with van der Waals surface area (Å²) in [6.45, 7) is 0.159. The Morgan fingerprint density at radius 1 is 1.40 bits per heavy atom. The monoisotopic (exact) mass is 217 g/mol. The van der Waals surface area contributed by atoms with Gasteiger partial charge in [-0.3, -0.25) is 4.68 Å². The average molecular weight is 217 g/mol. The normalized spacial score (nSPS) is 11.9. The van der Waals surface area contributed by atoms with E-state index in [-0.39, 0.29) is 6.54 Å². The molecule has 0 N–H and O–H groups in total. The predicted molar refractivity (Wildman–Crippen MR) is 42.8 cm³/mol. The van der Waals surface area contributed by atoms with Crippen LogP contribution in [0.15, 0.2) is 29.3 Å². The molecule has 4 nitrogen and oxygen atoms in total. The Hall–Kier alpha value is -1.79. The number of hydrogen-bond acceptors (Lipinski definition) is 3. The van der Waals surface area contributed by atoms with Crippen LogP contribution in [0.2, 0.25) is 0 Å². The second-order valence-electron chi connectivity index (χ2n) is 2.88. The molecule has 0 aliphatic heterocycles. The van der Waals surface area contributed by atoms with Gasteiger partial charge in [0, 0.05) is 6.20 Å². The lowest BCUT2D eigenvalue weighted by atomic mass is 10.4. The van der Waals surface area contributed by atoms with E-state index in [0.717, 1.165) is 10.7 Å². The highest BCUT2D eigenvalue weighted by Crippen LogP contribution is 2.27. The lowest BCUT2D eigenvalue weighted by Gasteiger charge is -2.00. The Labute approximate surface area is 82.3 Å². The summed E-state index contributed by atoms with van der Waals surface area (Å²) in [5, 5.41) is 3.37. The molecule has 0 spiro atoms. The van der Waals surface area contributed by atoms with Crippen molar-refractivity contribution in [2.24, 2.45) is 0 Å². The van der Waals surface area contributed by atoms with Gasteiger partial charge < -0.3 is 4.42 Å². The number of hydrogen-bond donors (Lipinski definition) is 0. The molecule has 0 fully saturated rings. The van der Waals surface area contributed by atoms with E-state index in [0.29, 0.717) is 5.69 Å². The summed E-state index contributed by atoms with van der Waals surface area (Å²) >= 11 is 0. The van der Waals surface area contributed by atoms with Gasteiger partial charge in [0.15, 0.2) is 12.1 Å². The third-order valence-corrected chi connectivity index (χ3v) is 1.74. The van der Waals surface area contributed by atoms with Crippen molar-refractivity contribution in [3.8, 4) is 0 Å². The molecule has 0 saturated carbocycles. The SMILES string of the molecule is FC(F)(F)c1ccn(Cc2cocn2)n1. The third-order valence-electron chi connectivity index (χ3n) is 1.74. The zero-order valence-corrected chi connectivity index (χ0v) is 7.40. The molecule has 0 radical (unpaired) electrons.